The van der Waals surface area contributed by atoms with Crippen LogP contribution in [0.2, 0.25) is 0 Å². The molecule has 4 heteroatoms. The molecule has 0 aliphatic carbocycles. The molecule has 1 amide bonds. The molecule has 0 atom stereocenters. The van der Waals surface area contributed by atoms with Crippen LogP contribution < -0.4 is 9.47 Å². The van der Waals surface area contributed by atoms with Gasteiger partial charge in [0, 0.05) is 13.6 Å². The number of hydrogen-bond acceptors (Lipinski definition) is 3. The fourth-order valence-electron chi connectivity index (χ4n) is 2.78. The van der Waals surface area contributed by atoms with Gasteiger partial charge in [0.1, 0.15) is 0 Å². The minimum atomic E-state index is -0.0898. The maximum absolute atomic E-state index is 12.4. The molecule has 0 spiro atoms. The summed E-state index contributed by atoms with van der Waals surface area (Å²) in [5.41, 5.74) is 3.41. The highest BCUT2D eigenvalue weighted by Crippen LogP contribution is 2.25. The summed E-state index contributed by atoms with van der Waals surface area (Å²) in [4.78, 5) is 14.0. The summed E-state index contributed by atoms with van der Waals surface area (Å²) in [7, 11) is 3.36. The minimum Gasteiger partial charge on any atom is -0.493 e. The third kappa shape index (κ3) is 4.88. The maximum atomic E-state index is 12.4. The molecular formula is C23H23NO3. The zero-order valence-electron chi connectivity index (χ0n) is 15.6. The van der Waals surface area contributed by atoms with Gasteiger partial charge in [-0.05, 0) is 28.8 Å². The number of para-hydroxylation sites is 2. The normalized spacial score (nSPS) is 10.3. The topological polar surface area (TPSA) is 38.8 Å². The molecule has 0 unspecified atom stereocenters. The van der Waals surface area contributed by atoms with Crippen molar-refractivity contribution in [2.24, 2.45) is 0 Å². The first-order valence-electron chi connectivity index (χ1n) is 8.81. The van der Waals surface area contributed by atoms with Crippen molar-refractivity contribution in [1.82, 2.24) is 4.90 Å². The van der Waals surface area contributed by atoms with Gasteiger partial charge in [0.05, 0.1) is 7.11 Å². The van der Waals surface area contributed by atoms with E-state index in [2.05, 4.69) is 24.3 Å². The molecule has 27 heavy (non-hydrogen) atoms. The van der Waals surface area contributed by atoms with Gasteiger partial charge in [0.15, 0.2) is 18.1 Å². The van der Waals surface area contributed by atoms with Crippen molar-refractivity contribution in [2.75, 3.05) is 20.8 Å². The Labute approximate surface area is 160 Å². The Morgan fingerprint density at radius 1 is 0.815 bits per heavy atom. The number of hydrogen-bond donors (Lipinski definition) is 0. The molecular weight excluding hydrogens is 338 g/mol. The summed E-state index contributed by atoms with van der Waals surface area (Å²) in [6.07, 6.45) is 0. The van der Waals surface area contributed by atoms with Crippen LogP contribution in [0.4, 0.5) is 0 Å². The molecule has 0 aliphatic heterocycles. The van der Waals surface area contributed by atoms with E-state index in [9.17, 15) is 4.79 Å². The van der Waals surface area contributed by atoms with E-state index in [0.29, 0.717) is 18.0 Å². The van der Waals surface area contributed by atoms with Crippen LogP contribution in [-0.2, 0) is 11.3 Å². The average Bonchev–Trinajstić information content (AvgIpc) is 2.73. The second kappa shape index (κ2) is 8.90. The van der Waals surface area contributed by atoms with Gasteiger partial charge in [-0.25, -0.2) is 0 Å². The Balaban J connectivity index is 1.56. The number of ether oxygens (including phenoxy) is 2. The lowest BCUT2D eigenvalue weighted by atomic mass is 10.0. The van der Waals surface area contributed by atoms with Crippen LogP contribution in [0.3, 0.4) is 0 Å². The summed E-state index contributed by atoms with van der Waals surface area (Å²) >= 11 is 0. The van der Waals surface area contributed by atoms with Crippen LogP contribution in [0.25, 0.3) is 11.1 Å². The van der Waals surface area contributed by atoms with Crippen LogP contribution in [0, 0.1) is 0 Å². The largest absolute Gasteiger partial charge is 0.493 e. The second-order valence-corrected chi connectivity index (χ2v) is 6.25. The first-order chi connectivity index (χ1) is 13.2. The highest BCUT2D eigenvalue weighted by molar-refractivity contribution is 5.77. The van der Waals surface area contributed by atoms with Gasteiger partial charge in [0.2, 0.25) is 0 Å². The number of benzene rings is 3. The van der Waals surface area contributed by atoms with Crippen LogP contribution in [0.5, 0.6) is 11.5 Å². The molecule has 0 heterocycles. The third-order valence-electron chi connectivity index (χ3n) is 4.33. The molecule has 0 fully saturated rings. The van der Waals surface area contributed by atoms with E-state index in [1.807, 2.05) is 42.5 Å². The number of likely N-dealkylation sites (N-methyl/N-ethyl adjacent to an activating group) is 1. The molecule has 0 aromatic heterocycles. The standard InChI is InChI=1S/C23H23NO3/c1-24(23(25)17-27-22-11-7-6-10-21(22)26-2)16-18-12-14-20(15-13-18)19-8-4-3-5-9-19/h3-15H,16-17H2,1-2H3. The van der Waals surface area contributed by atoms with Crippen molar-refractivity contribution in [3.8, 4) is 22.6 Å². The van der Waals surface area contributed by atoms with Crippen LogP contribution >= 0.6 is 0 Å². The summed E-state index contributed by atoms with van der Waals surface area (Å²) in [6, 6.07) is 25.8. The summed E-state index contributed by atoms with van der Waals surface area (Å²) < 4.78 is 10.8. The summed E-state index contributed by atoms with van der Waals surface area (Å²) in [5.74, 6) is 1.09. The Kier molecular flexibility index (Phi) is 6.10. The Morgan fingerprint density at radius 3 is 2.07 bits per heavy atom. The molecule has 0 saturated carbocycles. The quantitative estimate of drug-likeness (QED) is 0.626. The number of methoxy groups -OCH3 is 1. The molecule has 0 radical (unpaired) electrons. The van der Waals surface area contributed by atoms with E-state index >= 15 is 0 Å². The van der Waals surface area contributed by atoms with Crippen molar-refractivity contribution in [3.05, 3.63) is 84.4 Å². The molecule has 138 valence electrons. The van der Waals surface area contributed by atoms with Crippen molar-refractivity contribution >= 4 is 5.91 Å². The number of carbonyl (C=O) groups excluding carboxylic acids is 1. The smallest absolute Gasteiger partial charge is 0.260 e. The Bertz CT molecular complexity index is 876. The van der Waals surface area contributed by atoms with Gasteiger partial charge in [-0.1, -0.05) is 66.7 Å². The molecule has 3 aromatic carbocycles. The Morgan fingerprint density at radius 2 is 1.41 bits per heavy atom. The number of rotatable bonds is 7. The summed E-state index contributed by atoms with van der Waals surface area (Å²) in [5, 5.41) is 0. The fraction of sp³-hybridized carbons (Fsp3) is 0.174. The van der Waals surface area contributed by atoms with E-state index in [-0.39, 0.29) is 12.5 Å². The highest BCUT2D eigenvalue weighted by Gasteiger charge is 2.12. The lowest BCUT2D eigenvalue weighted by Crippen LogP contribution is -2.31. The Hall–Kier alpha value is -3.27. The zero-order valence-corrected chi connectivity index (χ0v) is 15.6. The lowest BCUT2D eigenvalue weighted by molar-refractivity contribution is -0.132. The first kappa shape index (κ1) is 18.5. The van der Waals surface area contributed by atoms with E-state index in [4.69, 9.17) is 9.47 Å². The van der Waals surface area contributed by atoms with Gasteiger partial charge in [-0.3, -0.25) is 4.79 Å². The van der Waals surface area contributed by atoms with Crippen molar-refractivity contribution in [3.63, 3.8) is 0 Å². The maximum Gasteiger partial charge on any atom is 0.260 e. The fourth-order valence-corrected chi connectivity index (χ4v) is 2.78. The summed E-state index contributed by atoms with van der Waals surface area (Å²) in [6.45, 7) is 0.502. The molecule has 0 saturated heterocycles. The van der Waals surface area contributed by atoms with Gasteiger partial charge >= 0.3 is 0 Å². The molecule has 3 aromatic rings. The van der Waals surface area contributed by atoms with Crippen molar-refractivity contribution in [2.45, 2.75) is 6.54 Å². The van der Waals surface area contributed by atoms with Crippen molar-refractivity contribution < 1.29 is 14.3 Å². The number of carbonyl (C=O) groups is 1. The van der Waals surface area contributed by atoms with Gasteiger partial charge in [0.25, 0.3) is 5.91 Å². The third-order valence-corrected chi connectivity index (χ3v) is 4.33. The monoisotopic (exact) mass is 361 g/mol. The lowest BCUT2D eigenvalue weighted by Gasteiger charge is -2.18. The first-order valence-corrected chi connectivity index (χ1v) is 8.81. The van der Waals surface area contributed by atoms with Crippen molar-refractivity contribution in [1.29, 1.82) is 0 Å². The van der Waals surface area contributed by atoms with Crippen LogP contribution in [0.15, 0.2) is 78.9 Å². The molecule has 0 aliphatic rings. The molecule has 0 bridgehead atoms. The van der Waals surface area contributed by atoms with E-state index in [1.54, 1.807) is 31.2 Å². The van der Waals surface area contributed by atoms with Gasteiger partial charge in [-0.15, -0.1) is 0 Å². The highest BCUT2D eigenvalue weighted by atomic mass is 16.5. The SMILES string of the molecule is COc1ccccc1OCC(=O)N(C)Cc1ccc(-c2ccccc2)cc1. The van der Waals surface area contributed by atoms with Gasteiger partial charge < -0.3 is 14.4 Å². The average molecular weight is 361 g/mol. The van der Waals surface area contributed by atoms with E-state index in [1.165, 1.54) is 5.56 Å². The second-order valence-electron chi connectivity index (χ2n) is 6.25. The van der Waals surface area contributed by atoms with E-state index < -0.39 is 0 Å². The predicted molar refractivity (Wildman–Crippen MR) is 107 cm³/mol. The van der Waals surface area contributed by atoms with Crippen LogP contribution in [-0.4, -0.2) is 31.6 Å². The van der Waals surface area contributed by atoms with Crippen LogP contribution in [0.1, 0.15) is 5.56 Å². The molecule has 4 nitrogen and oxygen atoms in total. The van der Waals surface area contributed by atoms with Gasteiger partial charge in [-0.2, -0.15) is 0 Å². The zero-order chi connectivity index (χ0) is 19.1. The predicted octanol–water partition coefficient (Wildman–Crippen LogP) is 4.40. The minimum absolute atomic E-state index is 0.0288. The number of nitrogens with zero attached hydrogens (tertiary/aromatic N) is 1. The number of amides is 1. The molecule has 0 N–H and O–H groups in total. The molecule has 3 rings (SSSR count). The van der Waals surface area contributed by atoms with E-state index in [0.717, 1.165) is 11.1 Å².